The van der Waals surface area contributed by atoms with Gasteiger partial charge in [0.15, 0.2) is 6.10 Å². The van der Waals surface area contributed by atoms with Gasteiger partial charge in [0.25, 0.3) is 0 Å². The number of likely N-dealkylation sites (tertiary alicyclic amines) is 1. The highest BCUT2D eigenvalue weighted by atomic mass is 16.5. The Labute approximate surface area is 106 Å². The van der Waals surface area contributed by atoms with E-state index in [1.807, 2.05) is 4.90 Å². The average molecular weight is 259 g/mol. The molecular formula is C11H21N3O4. The van der Waals surface area contributed by atoms with Gasteiger partial charge in [0, 0.05) is 26.2 Å². The largest absolute Gasteiger partial charge is 0.479 e. The molecule has 7 heteroatoms. The second-order valence-electron chi connectivity index (χ2n) is 4.48. The van der Waals surface area contributed by atoms with Crippen molar-refractivity contribution in [3.8, 4) is 0 Å². The van der Waals surface area contributed by atoms with E-state index < -0.39 is 12.1 Å². The summed E-state index contributed by atoms with van der Waals surface area (Å²) in [5.41, 5.74) is 5.77. The van der Waals surface area contributed by atoms with E-state index in [9.17, 15) is 9.59 Å². The van der Waals surface area contributed by atoms with Crippen LogP contribution in [-0.4, -0.2) is 67.3 Å². The van der Waals surface area contributed by atoms with Crippen LogP contribution >= 0.6 is 0 Å². The molecular weight excluding hydrogens is 238 g/mol. The smallest absolute Gasteiger partial charge is 0.334 e. The first-order valence-electron chi connectivity index (χ1n) is 6.03. The number of hydrogen-bond acceptors (Lipinski definition) is 5. The molecule has 1 aliphatic heterocycles. The Morgan fingerprint density at radius 3 is 2.61 bits per heavy atom. The molecule has 0 radical (unpaired) electrons. The Hall–Kier alpha value is -1.18. The second kappa shape index (κ2) is 7.30. The topological polar surface area (TPSA) is 105 Å². The van der Waals surface area contributed by atoms with Crippen LogP contribution in [0.15, 0.2) is 0 Å². The number of carboxylic acid groups (broad SMARTS) is 1. The normalized spacial score (nSPS) is 19.4. The number of aliphatic carboxylic acids is 1. The van der Waals surface area contributed by atoms with E-state index >= 15 is 0 Å². The maximum absolute atomic E-state index is 11.6. The molecule has 1 rings (SSSR count). The third kappa shape index (κ3) is 4.99. The van der Waals surface area contributed by atoms with E-state index in [4.69, 9.17) is 15.6 Å². The monoisotopic (exact) mass is 259 g/mol. The van der Waals surface area contributed by atoms with Crippen molar-refractivity contribution in [1.29, 1.82) is 0 Å². The molecule has 104 valence electrons. The van der Waals surface area contributed by atoms with Crippen molar-refractivity contribution >= 4 is 11.9 Å². The van der Waals surface area contributed by atoms with Gasteiger partial charge in [-0.2, -0.15) is 0 Å². The molecule has 7 nitrogen and oxygen atoms in total. The summed E-state index contributed by atoms with van der Waals surface area (Å²) in [7, 11) is 1.30. The molecule has 0 aromatic carbocycles. The summed E-state index contributed by atoms with van der Waals surface area (Å²) in [6, 6.07) is 0.231. The molecule has 1 atom stereocenters. The molecule has 0 saturated carbocycles. The molecule has 0 aromatic heterocycles. The van der Waals surface area contributed by atoms with Gasteiger partial charge in [-0.3, -0.25) is 9.69 Å². The number of amides is 1. The summed E-state index contributed by atoms with van der Waals surface area (Å²) in [6.45, 7) is 1.88. The highest BCUT2D eigenvalue weighted by molar-refractivity contribution is 5.79. The van der Waals surface area contributed by atoms with Crippen molar-refractivity contribution in [3.05, 3.63) is 0 Å². The van der Waals surface area contributed by atoms with Crippen LogP contribution in [0.25, 0.3) is 0 Å². The Bertz CT molecular complexity index is 290. The highest BCUT2D eigenvalue weighted by Gasteiger charge is 2.20. The van der Waals surface area contributed by atoms with Gasteiger partial charge in [0.2, 0.25) is 5.91 Å². The van der Waals surface area contributed by atoms with Crippen molar-refractivity contribution in [1.82, 2.24) is 10.2 Å². The van der Waals surface area contributed by atoms with Crippen LogP contribution in [0.3, 0.4) is 0 Å². The summed E-state index contributed by atoms with van der Waals surface area (Å²) in [5.74, 6) is -1.27. The lowest BCUT2D eigenvalue weighted by molar-refractivity contribution is -0.148. The van der Waals surface area contributed by atoms with Gasteiger partial charge in [-0.15, -0.1) is 0 Å². The first-order chi connectivity index (χ1) is 8.52. The SMILES string of the molecule is COC(CNC(=O)CN1CCC(N)CC1)C(=O)O. The van der Waals surface area contributed by atoms with Crippen LogP contribution in [0.1, 0.15) is 12.8 Å². The molecule has 1 aliphatic rings. The number of nitrogens with one attached hydrogen (secondary N) is 1. The number of carboxylic acids is 1. The van der Waals surface area contributed by atoms with Crippen molar-refractivity contribution in [2.45, 2.75) is 25.0 Å². The molecule has 0 spiro atoms. The summed E-state index contributed by atoms with van der Waals surface area (Å²) >= 11 is 0. The number of piperidine rings is 1. The van der Waals surface area contributed by atoms with E-state index in [0.29, 0.717) is 0 Å². The lowest BCUT2D eigenvalue weighted by atomic mass is 10.1. The van der Waals surface area contributed by atoms with Crippen LogP contribution in [-0.2, 0) is 14.3 Å². The number of nitrogens with two attached hydrogens (primary N) is 1. The van der Waals surface area contributed by atoms with Crippen molar-refractivity contribution < 1.29 is 19.4 Å². The molecule has 0 aliphatic carbocycles. The molecule has 1 fully saturated rings. The first-order valence-corrected chi connectivity index (χ1v) is 6.03. The predicted molar refractivity (Wildman–Crippen MR) is 65.1 cm³/mol. The van der Waals surface area contributed by atoms with Crippen LogP contribution in [0.2, 0.25) is 0 Å². The number of carbonyl (C=O) groups is 2. The summed E-state index contributed by atoms with van der Waals surface area (Å²) < 4.78 is 4.72. The number of methoxy groups -OCH3 is 1. The van der Waals surface area contributed by atoms with Gasteiger partial charge in [0.1, 0.15) is 0 Å². The van der Waals surface area contributed by atoms with Gasteiger partial charge >= 0.3 is 5.97 Å². The van der Waals surface area contributed by atoms with Crippen LogP contribution in [0, 0.1) is 0 Å². The second-order valence-corrected chi connectivity index (χ2v) is 4.48. The van der Waals surface area contributed by atoms with Crippen LogP contribution in [0.4, 0.5) is 0 Å². The van der Waals surface area contributed by atoms with Crippen molar-refractivity contribution in [3.63, 3.8) is 0 Å². The highest BCUT2D eigenvalue weighted by Crippen LogP contribution is 2.07. The lowest BCUT2D eigenvalue weighted by Gasteiger charge is -2.29. The fourth-order valence-electron chi connectivity index (χ4n) is 1.85. The zero-order valence-electron chi connectivity index (χ0n) is 10.6. The maximum atomic E-state index is 11.6. The van der Waals surface area contributed by atoms with Gasteiger partial charge in [-0.25, -0.2) is 4.79 Å². The Balaban J connectivity index is 2.23. The van der Waals surface area contributed by atoms with Gasteiger partial charge in [0.05, 0.1) is 13.1 Å². The Morgan fingerprint density at radius 2 is 2.11 bits per heavy atom. The standard InChI is InChI=1S/C11H21N3O4/c1-18-9(11(16)17)6-13-10(15)7-14-4-2-8(12)3-5-14/h8-9H,2-7,12H2,1H3,(H,13,15)(H,16,17). The zero-order chi connectivity index (χ0) is 13.5. The predicted octanol–water partition coefficient (Wildman–Crippen LogP) is -1.37. The molecule has 1 unspecified atom stereocenters. The fourth-order valence-corrected chi connectivity index (χ4v) is 1.85. The van der Waals surface area contributed by atoms with Crippen LogP contribution in [0.5, 0.6) is 0 Å². The van der Waals surface area contributed by atoms with E-state index in [-0.39, 0.29) is 25.0 Å². The minimum Gasteiger partial charge on any atom is -0.479 e. The minimum absolute atomic E-state index is 0.0159. The summed E-state index contributed by atoms with van der Waals surface area (Å²) in [4.78, 5) is 24.3. The Kier molecular flexibility index (Phi) is 6.03. The third-order valence-corrected chi connectivity index (χ3v) is 3.04. The minimum atomic E-state index is -1.08. The molecule has 0 aromatic rings. The summed E-state index contributed by atoms with van der Waals surface area (Å²) in [6.07, 6.45) is 0.787. The van der Waals surface area contributed by atoms with E-state index in [1.54, 1.807) is 0 Å². The fraction of sp³-hybridized carbons (Fsp3) is 0.818. The lowest BCUT2D eigenvalue weighted by Crippen LogP contribution is -2.46. The molecule has 1 heterocycles. The van der Waals surface area contributed by atoms with Crippen molar-refractivity contribution in [2.24, 2.45) is 5.73 Å². The van der Waals surface area contributed by atoms with Gasteiger partial charge in [-0.05, 0) is 12.8 Å². The number of hydrogen-bond donors (Lipinski definition) is 3. The van der Waals surface area contributed by atoms with Gasteiger partial charge < -0.3 is 20.9 Å². The molecule has 18 heavy (non-hydrogen) atoms. The molecule has 4 N–H and O–H groups in total. The van der Waals surface area contributed by atoms with Crippen LogP contribution < -0.4 is 11.1 Å². The number of nitrogens with zero attached hydrogens (tertiary/aromatic N) is 1. The number of rotatable bonds is 6. The van der Waals surface area contributed by atoms with E-state index in [1.165, 1.54) is 7.11 Å². The quantitative estimate of drug-likeness (QED) is 0.543. The Morgan fingerprint density at radius 1 is 1.50 bits per heavy atom. The first kappa shape index (κ1) is 14.9. The molecule has 0 bridgehead atoms. The number of carbonyl (C=O) groups excluding carboxylic acids is 1. The maximum Gasteiger partial charge on any atom is 0.334 e. The van der Waals surface area contributed by atoms with Crippen molar-refractivity contribution in [2.75, 3.05) is 33.3 Å². The zero-order valence-corrected chi connectivity index (χ0v) is 10.6. The summed E-state index contributed by atoms with van der Waals surface area (Å²) in [5, 5.41) is 11.3. The average Bonchev–Trinajstić information content (AvgIpc) is 2.32. The third-order valence-electron chi connectivity index (χ3n) is 3.04. The molecule has 1 amide bonds. The number of ether oxygens (including phenoxy) is 1. The van der Waals surface area contributed by atoms with E-state index in [2.05, 4.69) is 5.32 Å². The van der Waals surface area contributed by atoms with Gasteiger partial charge in [-0.1, -0.05) is 0 Å². The van der Waals surface area contributed by atoms with E-state index in [0.717, 1.165) is 25.9 Å². The molecule has 1 saturated heterocycles.